The monoisotopic (exact) mass is 258 g/mol. The smallest absolute Gasteiger partial charge is 0.309 e. The first-order valence-electron chi connectivity index (χ1n) is 6.39. The first-order valence-corrected chi connectivity index (χ1v) is 6.39. The molecule has 0 radical (unpaired) electrons. The first-order chi connectivity index (χ1) is 8.09. The number of carbonyl (C=O) groups is 2. The van der Waals surface area contributed by atoms with Crippen LogP contribution in [-0.4, -0.2) is 24.2 Å². The van der Waals surface area contributed by atoms with E-state index in [0.29, 0.717) is 12.3 Å². The Morgan fingerprint density at radius 1 is 1.22 bits per heavy atom. The SMILES string of the molecule is COC(=O)[C@H](C(CC(=O)O)CC(C)C)C(C)(C)C. The summed E-state index contributed by atoms with van der Waals surface area (Å²) in [7, 11) is 1.36. The molecular weight excluding hydrogens is 232 g/mol. The van der Waals surface area contributed by atoms with Crippen LogP contribution in [0.3, 0.4) is 0 Å². The Kier molecular flexibility index (Phi) is 6.36. The summed E-state index contributed by atoms with van der Waals surface area (Å²) < 4.78 is 4.85. The predicted molar refractivity (Wildman–Crippen MR) is 70.2 cm³/mol. The van der Waals surface area contributed by atoms with Crippen molar-refractivity contribution in [2.45, 2.75) is 47.5 Å². The molecule has 0 saturated heterocycles. The maximum Gasteiger partial charge on any atom is 0.309 e. The molecule has 0 aromatic heterocycles. The largest absolute Gasteiger partial charge is 0.481 e. The molecule has 1 unspecified atom stereocenters. The van der Waals surface area contributed by atoms with E-state index in [1.54, 1.807) is 0 Å². The van der Waals surface area contributed by atoms with Crippen LogP contribution in [0.1, 0.15) is 47.5 Å². The molecule has 0 amide bonds. The molecule has 18 heavy (non-hydrogen) atoms. The molecule has 0 bridgehead atoms. The highest BCUT2D eigenvalue weighted by atomic mass is 16.5. The maximum absolute atomic E-state index is 11.9. The van der Waals surface area contributed by atoms with Gasteiger partial charge in [-0.05, 0) is 23.7 Å². The Balaban J connectivity index is 5.19. The van der Waals surface area contributed by atoms with Crippen molar-refractivity contribution in [3.05, 3.63) is 0 Å². The number of methoxy groups -OCH3 is 1. The van der Waals surface area contributed by atoms with Gasteiger partial charge in [0.25, 0.3) is 0 Å². The van der Waals surface area contributed by atoms with E-state index in [4.69, 9.17) is 9.84 Å². The first kappa shape index (κ1) is 16.9. The van der Waals surface area contributed by atoms with Crippen molar-refractivity contribution >= 4 is 11.9 Å². The van der Waals surface area contributed by atoms with Crippen molar-refractivity contribution in [3.8, 4) is 0 Å². The highest BCUT2D eigenvalue weighted by Crippen LogP contribution is 2.38. The van der Waals surface area contributed by atoms with Gasteiger partial charge in [-0.25, -0.2) is 0 Å². The Bertz CT molecular complexity index is 289. The molecule has 0 fully saturated rings. The third-order valence-corrected chi connectivity index (χ3v) is 3.07. The average Bonchev–Trinajstić information content (AvgIpc) is 2.12. The second-order valence-electron chi connectivity index (χ2n) is 6.35. The molecule has 0 aliphatic rings. The maximum atomic E-state index is 11.9. The Morgan fingerprint density at radius 2 is 1.72 bits per heavy atom. The number of aliphatic carboxylic acids is 1. The van der Waals surface area contributed by atoms with Crippen molar-refractivity contribution in [2.75, 3.05) is 7.11 Å². The van der Waals surface area contributed by atoms with E-state index in [0.717, 1.165) is 0 Å². The van der Waals surface area contributed by atoms with Crippen LogP contribution in [0.15, 0.2) is 0 Å². The third kappa shape index (κ3) is 5.52. The van der Waals surface area contributed by atoms with Gasteiger partial charge in [-0.1, -0.05) is 34.6 Å². The summed E-state index contributed by atoms with van der Waals surface area (Å²) in [6.45, 7) is 9.91. The summed E-state index contributed by atoms with van der Waals surface area (Å²) in [6, 6.07) is 0. The van der Waals surface area contributed by atoms with E-state index >= 15 is 0 Å². The highest BCUT2D eigenvalue weighted by Gasteiger charge is 2.39. The highest BCUT2D eigenvalue weighted by molar-refractivity contribution is 5.75. The van der Waals surface area contributed by atoms with E-state index < -0.39 is 5.97 Å². The number of hydrogen-bond acceptors (Lipinski definition) is 3. The molecule has 0 heterocycles. The van der Waals surface area contributed by atoms with Gasteiger partial charge in [0.05, 0.1) is 13.0 Å². The molecule has 4 nitrogen and oxygen atoms in total. The predicted octanol–water partition coefficient (Wildman–Crippen LogP) is 2.96. The fourth-order valence-corrected chi connectivity index (χ4v) is 2.55. The molecule has 0 rings (SSSR count). The molecule has 4 heteroatoms. The van der Waals surface area contributed by atoms with E-state index in [1.807, 2.05) is 34.6 Å². The number of esters is 1. The number of carboxylic acids is 1. The van der Waals surface area contributed by atoms with Crippen LogP contribution in [0.25, 0.3) is 0 Å². The van der Waals surface area contributed by atoms with Crippen molar-refractivity contribution in [3.63, 3.8) is 0 Å². The lowest BCUT2D eigenvalue weighted by atomic mass is 9.69. The van der Waals surface area contributed by atoms with E-state index in [1.165, 1.54) is 7.11 Å². The number of carboxylic acid groups (broad SMARTS) is 1. The van der Waals surface area contributed by atoms with Gasteiger partial charge < -0.3 is 9.84 Å². The van der Waals surface area contributed by atoms with Crippen molar-refractivity contribution < 1.29 is 19.4 Å². The van der Waals surface area contributed by atoms with Gasteiger partial charge >= 0.3 is 11.9 Å². The second-order valence-corrected chi connectivity index (χ2v) is 6.35. The quantitative estimate of drug-likeness (QED) is 0.744. The topological polar surface area (TPSA) is 63.6 Å². The fraction of sp³-hybridized carbons (Fsp3) is 0.857. The molecule has 1 N–H and O–H groups in total. The second kappa shape index (κ2) is 6.76. The molecule has 0 saturated carbocycles. The van der Waals surface area contributed by atoms with Crippen LogP contribution < -0.4 is 0 Å². The Labute approximate surface area is 110 Å². The lowest BCUT2D eigenvalue weighted by molar-refractivity contribution is -0.154. The lowest BCUT2D eigenvalue weighted by Crippen LogP contribution is -2.37. The Morgan fingerprint density at radius 3 is 2.00 bits per heavy atom. The van der Waals surface area contributed by atoms with Gasteiger partial charge in [-0.15, -0.1) is 0 Å². The Hall–Kier alpha value is -1.06. The molecule has 0 aliphatic heterocycles. The summed E-state index contributed by atoms with van der Waals surface area (Å²) in [5, 5.41) is 9.01. The fourth-order valence-electron chi connectivity index (χ4n) is 2.55. The zero-order chi connectivity index (χ0) is 14.5. The van der Waals surface area contributed by atoms with Crippen LogP contribution in [0.5, 0.6) is 0 Å². The molecule has 0 aromatic carbocycles. The molecule has 0 aromatic rings. The van der Waals surface area contributed by atoms with Crippen LogP contribution in [-0.2, 0) is 14.3 Å². The van der Waals surface area contributed by atoms with Crippen molar-refractivity contribution in [1.29, 1.82) is 0 Å². The minimum atomic E-state index is -0.862. The zero-order valence-corrected chi connectivity index (χ0v) is 12.3. The van der Waals surface area contributed by atoms with Crippen LogP contribution >= 0.6 is 0 Å². The molecule has 0 spiro atoms. The minimum Gasteiger partial charge on any atom is -0.481 e. The van der Waals surface area contributed by atoms with Gasteiger partial charge in [0, 0.05) is 6.42 Å². The third-order valence-electron chi connectivity index (χ3n) is 3.07. The number of hydrogen-bond donors (Lipinski definition) is 1. The minimum absolute atomic E-state index is 0.00914. The van der Waals surface area contributed by atoms with E-state index in [9.17, 15) is 9.59 Å². The van der Waals surface area contributed by atoms with Crippen molar-refractivity contribution in [2.24, 2.45) is 23.2 Å². The van der Waals surface area contributed by atoms with E-state index in [2.05, 4.69) is 0 Å². The molecule has 0 aliphatic carbocycles. The molecule has 106 valence electrons. The van der Waals surface area contributed by atoms with Gasteiger partial charge in [0.2, 0.25) is 0 Å². The summed E-state index contributed by atoms with van der Waals surface area (Å²) in [6.07, 6.45) is 0.721. The number of rotatable bonds is 6. The van der Waals surface area contributed by atoms with Crippen LogP contribution in [0, 0.1) is 23.2 Å². The van der Waals surface area contributed by atoms with Crippen LogP contribution in [0.2, 0.25) is 0 Å². The summed E-state index contributed by atoms with van der Waals surface area (Å²) in [4.78, 5) is 22.9. The normalized spacial score (nSPS) is 15.3. The van der Waals surface area contributed by atoms with Gasteiger partial charge in [0.1, 0.15) is 0 Å². The van der Waals surface area contributed by atoms with Gasteiger partial charge in [0.15, 0.2) is 0 Å². The lowest BCUT2D eigenvalue weighted by Gasteiger charge is -2.35. The summed E-state index contributed by atoms with van der Waals surface area (Å²) in [5.74, 6) is -1.40. The summed E-state index contributed by atoms with van der Waals surface area (Å²) in [5.41, 5.74) is -0.303. The van der Waals surface area contributed by atoms with Crippen molar-refractivity contribution in [1.82, 2.24) is 0 Å². The van der Waals surface area contributed by atoms with Gasteiger partial charge in [-0.2, -0.15) is 0 Å². The van der Waals surface area contributed by atoms with E-state index in [-0.39, 0.29) is 29.6 Å². The number of ether oxygens (including phenoxy) is 1. The molecule has 2 atom stereocenters. The van der Waals surface area contributed by atoms with Gasteiger partial charge in [-0.3, -0.25) is 9.59 Å². The number of carbonyl (C=O) groups excluding carboxylic acids is 1. The molecular formula is C14H26O4. The van der Waals surface area contributed by atoms with Crippen LogP contribution in [0.4, 0.5) is 0 Å². The zero-order valence-electron chi connectivity index (χ0n) is 12.3. The standard InChI is InChI=1S/C14H26O4/c1-9(2)7-10(8-11(15)16)12(13(17)18-6)14(3,4)5/h9-10,12H,7-8H2,1-6H3,(H,15,16)/t10?,12-/m0/s1. The average molecular weight is 258 g/mol. The summed E-state index contributed by atoms with van der Waals surface area (Å²) >= 11 is 0.